The Morgan fingerprint density at radius 2 is 0.714 bits per heavy atom. The molecule has 3 aliphatic carbocycles. The fourth-order valence-electron chi connectivity index (χ4n) is 8.34. The first-order valence-corrected chi connectivity index (χ1v) is 11.1. The Morgan fingerprint density at radius 3 is 0.964 bits per heavy atom. The van der Waals surface area contributed by atoms with E-state index in [0.29, 0.717) is 0 Å². The van der Waals surface area contributed by atoms with Crippen LogP contribution >= 0.6 is 0 Å². The van der Waals surface area contributed by atoms with Crippen molar-refractivity contribution in [1.82, 2.24) is 0 Å². The van der Waals surface area contributed by atoms with Gasteiger partial charge >= 0.3 is 0 Å². The highest BCUT2D eigenvalue weighted by molar-refractivity contribution is 5.92. The van der Waals surface area contributed by atoms with Crippen molar-refractivity contribution in [3.8, 4) is 0 Å². The van der Waals surface area contributed by atoms with Gasteiger partial charge in [0.2, 0.25) is 0 Å². The van der Waals surface area contributed by atoms with Crippen molar-refractivity contribution in [2.75, 3.05) is 0 Å². The molecule has 1 fully saturated rings. The van der Waals surface area contributed by atoms with E-state index in [1.807, 2.05) is 0 Å². The lowest BCUT2D eigenvalue weighted by molar-refractivity contribution is -0.247. The molecular weight excluding hydrogens is 336 g/mol. The molecule has 0 N–H and O–H groups in total. The van der Waals surface area contributed by atoms with Gasteiger partial charge in [0.15, 0.2) is 0 Å². The van der Waals surface area contributed by atoms with E-state index < -0.39 is 0 Å². The summed E-state index contributed by atoms with van der Waals surface area (Å²) in [5.41, 5.74) is 7.16. The van der Waals surface area contributed by atoms with Crippen molar-refractivity contribution < 1.29 is 0 Å². The van der Waals surface area contributed by atoms with Crippen LogP contribution in [0.2, 0.25) is 0 Å². The Labute approximate surface area is 173 Å². The Morgan fingerprint density at radius 1 is 0.464 bits per heavy atom. The monoisotopic (exact) mass is 376 g/mol. The number of rotatable bonds is 0. The number of hydrogen-bond acceptors (Lipinski definition) is 0. The highest BCUT2D eigenvalue weighted by Crippen LogP contribution is 2.83. The van der Waals surface area contributed by atoms with Gasteiger partial charge in [-0.25, -0.2) is 0 Å². The third-order valence-electron chi connectivity index (χ3n) is 11.9. The molecule has 0 amide bonds. The smallest absolute Gasteiger partial charge is 0.00436 e. The molecule has 0 spiro atoms. The predicted octanol–water partition coefficient (Wildman–Crippen LogP) is 8.10. The second-order valence-electron chi connectivity index (χ2n) is 12.3. The number of benzene rings is 2. The molecule has 3 aliphatic rings. The lowest BCUT2D eigenvalue weighted by Crippen LogP contribution is -2.79. The summed E-state index contributed by atoms with van der Waals surface area (Å²) in [6.07, 6.45) is 0. The average Bonchev–Trinajstić information content (AvgIpc) is 2.60. The second kappa shape index (κ2) is 4.88. The van der Waals surface area contributed by atoms with E-state index in [4.69, 9.17) is 0 Å². The molecule has 0 radical (unpaired) electrons. The summed E-state index contributed by atoms with van der Waals surface area (Å²) >= 11 is 0. The van der Waals surface area contributed by atoms with Crippen molar-refractivity contribution in [3.05, 3.63) is 46.5 Å². The molecule has 2 bridgehead atoms. The number of fused-ring (bicyclic) bond motifs is 3. The molecule has 0 atom stereocenters. The van der Waals surface area contributed by atoms with Gasteiger partial charge < -0.3 is 0 Å². The molecule has 0 heterocycles. The topological polar surface area (TPSA) is 0 Å². The molecule has 5 rings (SSSR count). The van der Waals surface area contributed by atoms with Gasteiger partial charge in [-0.2, -0.15) is 0 Å². The van der Waals surface area contributed by atoms with Gasteiger partial charge in [-0.15, -0.1) is 0 Å². The number of hydrogen-bond donors (Lipinski definition) is 0. The lowest BCUT2D eigenvalue weighted by atomic mass is 9.21. The van der Waals surface area contributed by atoms with Gasteiger partial charge in [-0.3, -0.25) is 0 Å². The van der Waals surface area contributed by atoms with Crippen LogP contribution in [0.5, 0.6) is 0 Å². The van der Waals surface area contributed by atoms with Crippen molar-refractivity contribution in [2.45, 2.75) is 93.9 Å². The van der Waals surface area contributed by atoms with Crippen LogP contribution in [0.25, 0.3) is 10.8 Å². The highest BCUT2D eigenvalue weighted by Gasteiger charge is 2.79. The van der Waals surface area contributed by atoms with Crippen molar-refractivity contribution >= 4 is 10.8 Å². The second-order valence-corrected chi connectivity index (χ2v) is 12.3. The molecule has 28 heavy (non-hydrogen) atoms. The van der Waals surface area contributed by atoms with E-state index in [1.54, 1.807) is 11.1 Å². The van der Waals surface area contributed by atoms with Gasteiger partial charge in [0, 0.05) is 10.8 Å². The van der Waals surface area contributed by atoms with Gasteiger partial charge in [-0.1, -0.05) is 93.5 Å². The van der Waals surface area contributed by atoms with E-state index in [1.165, 1.54) is 21.9 Å². The Kier molecular flexibility index (Phi) is 3.48. The summed E-state index contributed by atoms with van der Waals surface area (Å²) in [4.78, 5) is 0. The molecule has 0 heteroatoms. The third kappa shape index (κ3) is 1.51. The molecule has 0 nitrogen and oxygen atoms in total. The maximum atomic E-state index is 2.59. The zero-order chi connectivity index (χ0) is 21.3. The molecular formula is C28H40. The van der Waals surface area contributed by atoms with Gasteiger partial charge in [0.1, 0.15) is 0 Å². The SMILES string of the molecule is Cc1c2c(c(C)c3ccccc13)C1(C)C(C)(C)C(C)(C)C2(C)C(C)(C)C1(C)C. The molecule has 0 aliphatic heterocycles. The molecule has 1 saturated carbocycles. The highest BCUT2D eigenvalue weighted by atomic mass is 14.8. The summed E-state index contributed by atoms with van der Waals surface area (Å²) < 4.78 is 0. The summed E-state index contributed by atoms with van der Waals surface area (Å²) in [5.74, 6) is 0. The molecule has 0 unspecified atom stereocenters. The van der Waals surface area contributed by atoms with Crippen LogP contribution in [0.4, 0.5) is 0 Å². The normalized spacial score (nSPS) is 33.7. The van der Waals surface area contributed by atoms with Crippen LogP contribution in [0.1, 0.15) is 91.5 Å². The maximum absolute atomic E-state index is 2.59. The zero-order valence-electron chi connectivity index (χ0n) is 20.3. The minimum atomic E-state index is 0.0823. The Balaban J connectivity index is 2.39. The van der Waals surface area contributed by atoms with Crippen LogP contribution in [-0.4, -0.2) is 0 Å². The van der Waals surface area contributed by atoms with Crippen molar-refractivity contribution in [3.63, 3.8) is 0 Å². The van der Waals surface area contributed by atoms with Crippen molar-refractivity contribution in [2.24, 2.45) is 21.7 Å². The van der Waals surface area contributed by atoms with E-state index >= 15 is 0 Å². The van der Waals surface area contributed by atoms with E-state index in [9.17, 15) is 0 Å². The lowest BCUT2D eigenvalue weighted by Gasteiger charge is -2.82. The first-order valence-electron chi connectivity index (χ1n) is 11.1. The van der Waals surface area contributed by atoms with E-state index in [0.717, 1.165) is 0 Å². The van der Waals surface area contributed by atoms with Crippen LogP contribution in [-0.2, 0) is 10.8 Å². The summed E-state index contributed by atoms with van der Waals surface area (Å²) in [5, 5.41) is 2.89. The van der Waals surface area contributed by atoms with Gasteiger partial charge in [0.05, 0.1) is 0 Å². The van der Waals surface area contributed by atoms with Crippen molar-refractivity contribution in [1.29, 1.82) is 0 Å². The molecule has 2 aromatic carbocycles. The Hall–Kier alpha value is -1.30. The first kappa shape index (κ1) is 20.0. The average molecular weight is 377 g/mol. The fourth-order valence-corrected chi connectivity index (χ4v) is 8.34. The van der Waals surface area contributed by atoms with Crippen LogP contribution < -0.4 is 0 Å². The third-order valence-corrected chi connectivity index (χ3v) is 11.9. The quantitative estimate of drug-likeness (QED) is 0.435. The predicted molar refractivity (Wildman–Crippen MR) is 123 cm³/mol. The standard InChI is InChI=1S/C28H40/c1-17-19-15-13-14-16-20(19)18(2)22-21(17)27(11)23(3,4)25(7,8)28(22,12)26(9,10)24(27,5)6/h13-16H,1-12H3. The summed E-state index contributed by atoms with van der Waals surface area (Å²) in [6, 6.07) is 9.08. The van der Waals surface area contributed by atoms with Gasteiger partial charge in [-0.05, 0) is 68.5 Å². The first-order chi connectivity index (χ1) is 12.5. The van der Waals surface area contributed by atoms with E-state index in [-0.39, 0.29) is 32.5 Å². The molecule has 0 aromatic heterocycles. The largest absolute Gasteiger partial charge is 0.0616 e. The van der Waals surface area contributed by atoms with Crippen LogP contribution in [0.3, 0.4) is 0 Å². The van der Waals surface area contributed by atoms with E-state index in [2.05, 4.69) is 107 Å². The fraction of sp³-hybridized carbons (Fsp3) is 0.643. The zero-order valence-corrected chi connectivity index (χ0v) is 20.3. The minimum absolute atomic E-state index is 0.0823. The minimum Gasteiger partial charge on any atom is -0.0616 e. The number of aryl methyl sites for hydroxylation is 2. The Bertz CT molecular complexity index is 900. The maximum Gasteiger partial charge on any atom is 0.00436 e. The van der Waals surface area contributed by atoms with Crippen LogP contribution in [0.15, 0.2) is 24.3 Å². The van der Waals surface area contributed by atoms with Gasteiger partial charge in [0.25, 0.3) is 0 Å². The molecule has 0 saturated heterocycles. The summed E-state index contributed by atoms with van der Waals surface area (Å²) in [7, 11) is 0. The molecule has 2 aromatic rings. The van der Waals surface area contributed by atoms with Crippen LogP contribution in [0, 0.1) is 35.5 Å². The molecule has 152 valence electrons. The summed E-state index contributed by atoms with van der Waals surface area (Å²) in [6.45, 7) is 30.4.